The van der Waals surface area contributed by atoms with Crippen molar-refractivity contribution in [1.29, 1.82) is 5.26 Å². The summed E-state index contributed by atoms with van der Waals surface area (Å²) in [4.78, 5) is 6.67. The Labute approximate surface area is 125 Å². The molecule has 4 heteroatoms. The zero-order valence-corrected chi connectivity index (χ0v) is 12.6. The Morgan fingerprint density at radius 3 is 2.71 bits per heavy atom. The lowest BCUT2D eigenvalue weighted by Crippen LogP contribution is -2.18. The van der Waals surface area contributed by atoms with Gasteiger partial charge in [-0.05, 0) is 43.8 Å². The number of ether oxygens (including phenoxy) is 1. The molecule has 1 heterocycles. The molecular weight excluding hydrogens is 262 g/mol. The SMILES string of the molecule is COc1ccc(CN(C)Cc2cccc(C)n2)cc1C#N. The van der Waals surface area contributed by atoms with Crippen molar-refractivity contribution < 1.29 is 4.74 Å². The first-order chi connectivity index (χ1) is 10.1. The minimum absolute atomic E-state index is 0.567. The third-order valence-electron chi connectivity index (χ3n) is 3.21. The predicted octanol–water partition coefficient (Wildman–Crippen LogP) is 2.90. The molecule has 2 aromatic rings. The number of benzene rings is 1. The predicted molar refractivity (Wildman–Crippen MR) is 81.9 cm³/mol. The van der Waals surface area contributed by atoms with Crippen LogP contribution in [-0.2, 0) is 13.1 Å². The number of aromatic nitrogens is 1. The highest BCUT2D eigenvalue weighted by Gasteiger charge is 2.07. The molecule has 0 radical (unpaired) electrons. The Hall–Kier alpha value is -2.38. The average Bonchev–Trinajstić information content (AvgIpc) is 2.47. The number of nitrogens with zero attached hydrogens (tertiary/aromatic N) is 3. The van der Waals surface area contributed by atoms with Crippen molar-refractivity contribution >= 4 is 0 Å². The van der Waals surface area contributed by atoms with Gasteiger partial charge >= 0.3 is 0 Å². The molecule has 0 aliphatic heterocycles. The maximum Gasteiger partial charge on any atom is 0.136 e. The van der Waals surface area contributed by atoms with Crippen molar-refractivity contribution in [2.75, 3.05) is 14.2 Å². The Morgan fingerprint density at radius 2 is 2.05 bits per heavy atom. The molecule has 1 aromatic carbocycles. The van der Waals surface area contributed by atoms with Crippen LogP contribution in [0.25, 0.3) is 0 Å². The van der Waals surface area contributed by atoms with Crippen LogP contribution in [0.4, 0.5) is 0 Å². The summed E-state index contributed by atoms with van der Waals surface area (Å²) in [6.45, 7) is 3.52. The second kappa shape index (κ2) is 6.87. The van der Waals surface area contributed by atoms with Crippen molar-refractivity contribution in [2.45, 2.75) is 20.0 Å². The van der Waals surface area contributed by atoms with E-state index in [4.69, 9.17) is 10.00 Å². The van der Waals surface area contributed by atoms with E-state index < -0.39 is 0 Å². The number of pyridine rings is 1. The van der Waals surface area contributed by atoms with E-state index in [-0.39, 0.29) is 0 Å². The van der Waals surface area contributed by atoms with Crippen LogP contribution in [-0.4, -0.2) is 24.0 Å². The molecule has 1 aromatic heterocycles. The molecule has 2 rings (SSSR count). The van der Waals surface area contributed by atoms with E-state index in [2.05, 4.69) is 16.0 Å². The van der Waals surface area contributed by atoms with Crippen LogP contribution in [0.1, 0.15) is 22.5 Å². The molecule has 0 aliphatic rings. The Kier molecular flexibility index (Phi) is 4.91. The van der Waals surface area contributed by atoms with E-state index in [0.717, 1.165) is 30.0 Å². The molecule has 0 bridgehead atoms. The van der Waals surface area contributed by atoms with E-state index in [0.29, 0.717) is 11.3 Å². The second-order valence-corrected chi connectivity index (χ2v) is 5.09. The summed E-state index contributed by atoms with van der Waals surface area (Å²) in [7, 11) is 3.62. The molecular formula is C17H19N3O. The summed E-state index contributed by atoms with van der Waals surface area (Å²) >= 11 is 0. The van der Waals surface area contributed by atoms with E-state index >= 15 is 0 Å². The molecule has 0 saturated heterocycles. The lowest BCUT2D eigenvalue weighted by atomic mass is 10.1. The van der Waals surface area contributed by atoms with Gasteiger partial charge in [-0.25, -0.2) is 0 Å². The first-order valence-electron chi connectivity index (χ1n) is 6.80. The third-order valence-corrected chi connectivity index (χ3v) is 3.21. The van der Waals surface area contributed by atoms with Gasteiger partial charge in [0.2, 0.25) is 0 Å². The van der Waals surface area contributed by atoms with Gasteiger partial charge in [-0.1, -0.05) is 12.1 Å². The van der Waals surface area contributed by atoms with Crippen molar-refractivity contribution in [2.24, 2.45) is 0 Å². The molecule has 108 valence electrons. The van der Waals surface area contributed by atoms with E-state index in [9.17, 15) is 0 Å². The van der Waals surface area contributed by atoms with Crippen LogP contribution >= 0.6 is 0 Å². The molecule has 21 heavy (non-hydrogen) atoms. The van der Waals surface area contributed by atoms with Crippen LogP contribution in [0.5, 0.6) is 5.75 Å². The van der Waals surface area contributed by atoms with E-state index in [1.807, 2.05) is 50.4 Å². The Bertz CT molecular complexity index is 661. The van der Waals surface area contributed by atoms with Crippen LogP contribution in [0.15, 0.2) is 36.4 Å². The molecule has 0 spiro atoms. The van der Waals surface area contributed by atoms with Crippen LogP contribution in [0.3, 0.4) is 0 Å². The number of nitriles is 1. The lowest BCUT2D eigenvalue weighted by molar-refractivity contribution is 0.314. The molecule has 4 nitrogen and oxygen atoms in total. The van der Waals surface area contributed by atoms with Gasteiger partial charge in [0.15, 0.2) is 0 Å². The Balaban J connectivity index is 2.06. The van der Waals surface area contributed by atoms with Crippen LogP contribution in [0.2, 0.25) is 0 Å². The van der Waals surface area contributed by atoms with Crippen molar-refractivity contribution in [1.82, 2.24) is 9.88 Å². The fourth-order valence-electron chi connectivity index (χ4n) is 2.27. The fraction of sp³-hybridized carbons (Fsp3) is 0.294. The fourth-order valence-corrected chi connectivity index (χ4v) is 2.27. The number of methoxy groups -OCH3 is 1. The van der Waals surface area contributed by atoms with Gasteiger partial charge in [0.25, 0.3) is 0 Å². The summed E-state index contributed by atoms with van der Waals surface area (Å²) in [6, 6.07) is 13.9. The second-order valence-electron chi connectivity index (χ2n) is 5.09. The molecule has 0 fully saturated rings. The first kappa shape index (κ1) is 15.0. The van der Waals surface area contributed by atoms with Gasteiger partial charge in [0.1, 0.15) is 11.8 Å². The maximum absolute atomic E-state index is 9.12. The zero-order valence-electron chi connectivity index (χ0n) is 12.6. The van der Waals surface area contributed by atoms with Crippen LogP contribution in [0, 0.1) is 18.3 Å². The topological polar surface area (TPSA) is 49.1 Å². The smallest absolute Gasteiger partial charge is 0.136 e. The van der Waals surface area contributed by atoms with Crippen molar-refractivity contribution in [3.8, 4) is 11.8 Å². The maximum atomic E-state index is 9.12. The molecule has 0 unspecified atom stereocenters. The van der Waals surface area contributed by atoms with Gasteiger partial charge in [0.05, 0.1) is 18.4 Å². The van der Waals surface area contributed by atoms with Crippen LogP contribution < -0.4 is 4.74 Å². The lowest BCUT2D eigenvalue weighted by Gasteiger charge is -2.17. The van der Waals surface area contributed by atoms with Gasteiger partial charge in [-0.2, -0.15) is 5.26 Å². The highest BCUT2D eigenvalue weighted by molar-refractivity contribution is 5.45. The highest BCUT2D eigenvalue weighted by atomic mass is 16.5. The number of hydrogen-bond donors (Lipinski definition) is 0. The standard InChI is InChI=1S/C17H19N3O/c1-13-5-4-6-16(19-13)12-20(2)11-14-7-8-17(21-3)15(9-14)10-18/h4-9H,11-12H2,1-3H3. The Morgan fingerprint density at radius 1 is 1.24 bits per heavy atom. The largest absolute Gasteiger partial charge is 0.495 e. The summed E-state index contributed by atoms with van der Waals surface area (Å²) in [5, 5.41) is 9.12. The monoisotopic (exact) mass is 281 g/mol. The first-order valence-corrected chi connectivity index (χ1v) is 6.80. The summed E-state index contributed by atoms with van der Waals surface area (Å²) < 4.78 is 5.16. The van der Waals surface area contributed by atoms with E-state index in [1.165, 1.54) is 0 Å². The quantitative estimate of drug-likeness (QED) is 0.845. The summed E-state index contributed by atoms with van der Waals surface area (Å²) in [5.74, 6) is 0.615. The normalized spacial score (nSPS) is 10.4. The van der Waals surface area contributed by atoms with Crippen molar-refractivity contribution in [3.05, 3.63) is 58.9 Å². The van der Waals surface area contributed by atoms with Gasteiger partial charge in [-0.3, -0.25) is 9.88 Å². The van der Waals surface area contributed by atoms with Gasteiger partial charge in [0, 0.05) is 18.8 Å². The summed E-state index contributed by atoms with van der Waals surface area (Å²) in [6.07, 6.45) is 0. The number of rotatable bonds is 5. The number of hydrogen-bond acceptors (Lipinski definition) is 4. The highest BCUT2D eigenvalue weighted by Crippen LogP contribution is 2.19. The average molecular weight is 281 g/mol. The molecule has 0 amide bonds. The third kappa shape index (κ3) is 4.04. The van der Waals surface area contributed by atoms with Gasteiger partial charge < -0.3 is 4.74 Å². The molecule has 0 aliphatic carbocycles. The van der Waals surface area contributed by atoms with E-state index in [1.54, 1.807) is 7.11 Å². The zero-order chi connectivity index (χ0) is 15.2. The molecule has 0 atom stereocenters. The minimum atomic E-state index is 0.567. The molecule has 0 saturated carbocycles. The minimum Gasteiger partial charge on any atom is -0.495 e. The number of aryl methyl sites for hydroxylation is 1. The van der Waals surface area contributed by atoms with Crippen molar-refractivity contribution in [3.63, 3.8) is 0 Å². The molecule has 0 N–H and O–H groups in total. The summed E-state index contributed by atoms with van der Waals surface area (Å²) in [5.41, 5.74) is 3.73. The van der Waals surface area contributed by atoms with Gasteiger partial charge in [-0.15, -0.1) is 0 Å².